The van der Waals surface area contributed by atoms with Crippen LogP contribution in [0.25, 0.3) is 0 Å². The van der Waals surface area contributed by atoms with Gasteiger partial charge in [0.15, 0.2) is 0 Å². The average molecular weight is 328 g/mol. The Labute approximate surface area is 144 Å². The minimum atomic E-state index is 0.435. The number of hydrogen-bond acceptors (Lipinski definition) is 5. The van der Waals surface area contributed by atoms with E-state index in [4.69, 9.17) is 0 Å². The van der Waals surface area contributed by atoms with Gasteiger partial charge in [-0.1, -0.05) is 13.8 Å². The molecule has 1 unspecified atom stereocenters. The SMILES string of the molecule is CC(C)c1nccn1C(C)CN1CCCN(c2ncccn2)CC1. The minimum Gasteiger partial charge on any atom is -0.339 e. The number of aromatic nitrogens is 4. The van der Waals surface area contributed by atoms with Crippen LogP contribution in [0.4, 0.5) is 5.95 Å². The Hall–Kier alpha value is -1.95. The molecule has 6 nitrogen and oxygen atoms in total. The molecule has 1 aliphatic heterocycles. The number of imidazole rings is 1. The first-order valence-electron chi connectivity index (χ1n) is 8.92. The van der Waals surface area contributed by atoms with Crippen molar-refractivity contribution < 1.29 is 0 Å². The summed E-state index contributed by atoms with van der Waals surface area (Å²) in [5.41, 5.74) is 0. The van der Waals surface area contributed by atoms with E-state index in [-0.39, 0.29) is 0 Å². The van der Waals surface area contributed by atoms with Crippen LogP contribution in [0, 0.1) is 0 Å². The molecule has 0 bridgehead atoms. The fraction of sp³-hybridized carbons (Fsp3) is 0.611. The van der Waals surface area contributed by atoms with E-state index in [0.717, 1.165) is 45.1 Å². The lowest BCUT2D eigenvalue weighted by Crippen LogP contribution is -2.34. The van der Waals surface area contributed by atoms with Crippen LogP contribution in [0.5, 0.6) is 0 Å². The van der Waals surface area contributed by atoms with Gasteiger partial charge in [0, 0.05) is 62.9 Å². The summed E-state index contributed by atoms with van der Waals surface area (Å²) in [5.74, 6) is 2.48. The number of rotatable bonds is 5. The van der Waals surface area contributed by atoms with E-state index in [1.165, 1.54) is 5.82 Å². The summed E-state index contributed by atoms with van der Waals surface area (Å²) < 4.78 is 2.33. The molecule has 0 aliphatic carbocycles. The molecule has 6 heteroatoms. The molecule has 0 spiro atoms. The summed E-state index contributed by atoms with van der Waals surface area (Å²) in [6.07, 6.45) is 8.82. The Morgan fingerprint density at radius 3 is 2.50 bits per heavy atom. The fourth-order valence-corrected chi connectivity index (χ4v) is 3.41. The summed E-state index contributed by atoms with van der Waals surface area (Å²) in [6, 6.07) is 2.30. The van der Waals surface area contributed by atoms with Gasteiger partial charge < -0.3 is 9.47 Å². The number of anilines is 1. The molecule has 24 heavy (non-hydrogen) atoms. The van der Waals surface area contributed by atoms with Crippen LogP contribution in [0.2, 0.25) is 0 Å². The lowest BCUT2D eigenvalue weighted by molar-refractivity contribution is 0.250. The molecule has 1 saturated heterocycles. The van der Waals surface area contributed by atoms with E-state index in [1.54, 1.807) is 0 Å². The molecule has 3 heterocycles. The smallest absolute Gasteiger partial charge is 0.225 e. The van der Waals surface area contributed by atoms with Gasteiger partial charge in [-0.3, -0.25) is 4.90 Å². The van der Waals surface area contributed by atoms with Gasteiger partial charge in [0.05, 0.1) is 0 Å². The number of hydrogen-bond donors (Lipinski definition) is 0. The van der Waals surface area contributed by atoms with Crippen molar-refractivity contribution in [1.29, 1.82) is 0 Å². The maximum absolute atomic E-state index is 4.52. The first-order valence-corrected chi connectivity index (χ1v) is 8.92. The second-order valence-corrected chi connectivity index (χ2v) is 6.89. The van der Waals surface area contributed by atoms with Crippen molar-refractivity contribution in [3.8, 4) is 0 Å². The van der Waals surface area contributed by atoms with Gasteiger partial charge in [-0.2, -0.15) is 0 Å². The van der Waals surface area contributed by atoms with E-state index in [1.807, 2.05) is 24.7 Å². The van der Waals surface area contributed by atoms with Gasteiger partial charge in [0.25, 0.3) is 0 Å². The maximum Gasteiger partial charge on any atom is 0.225 e. The van der Waals surface area contributed by atoms with Gasteiger partial charge in [0.1, 0.15) is 5.82 Å². The van der Waals surface area contributed by atoms with Crippen LogP contribution in [0.1, 0.15) is 45.0 Å². The fourth-order valence-electron chi connectivity index (χ4n) is 3.41. The molecule has 3 rings (SSSR count). The normalized spacial score (nSPS) is 17.9. The summed E-state index contributed by atoms with van der Waals surface area (Å²) in [4.78, 5) is 18.1. The summed E-state index contributed by atoms with van der Waals surface area (Å²) in [6.45, 7) is 11.9. The topological polar surface area (TPSA) is 50.1 Å². The average Bonchev–Trinajstić information content (AvgIpc) is 2.97. The van der Waals surface area contributed by atoms with Crippen molar-refractivity contribution in [2.45, 2.75) is 39.2 Å². The first kappa shape index (κ1) is 16.9. The van der Waals surface area contributed by atoms with E-state index in [0.29, 0.717) is 12.0 Å². The minimum absolute atomic E-state index is 0.435. The Morgan fingerprint density at radius 2 is 1.75 bits per heavy atom. The molecule has 0 radical (unpaired) electrons. The molecule has 0 amide bonds. The molecule has 0 aromatic carbocycles. The monoisotopic (exact) mass is 328 g/mol. The second kappa shape index (κ2) is 7.75. The zero-order valence-corrected chi connectivity index (χ0v) is 15.0. The number of nitrogens with zero attached hydrogens (tertiary/aromatic N) is 6. The maximum atomic E-state index is 4.52. The third kappa shape index (κ3) is 3.93. The standard InChI is InChI=1S/C18H28N6/c1-15(2)17-19-8-11-24(17)16(3)14-22-9-5-10-23(13-12-22)18-20-6-4-7-21-18/h4,6-8,11,15-16H,5,9-10,12-14H2,1-3H3. The molecule has 0 saturated carbocycles. The van der Waals surface area contributed by atoms with Crippen LogP contribution in [0.15, 0.2) is 30.9 Å². The Bertz CT molecular complexity index is 623. The zero-order valence-electron chi connectivity index (χ0n) is 15.0. The lowest BCUT2D eigenvalue weighted by Gasteiger charge is -2.26. The molecule has 1 fully saturated rings. The summed E-state index contributed by atoms with van der Waals surface area (Å²) in [7, 11) is 0. The van der Waals surface area contributed by atoms with Crippen molar-refractivity contribution in [3.63, 3.8) is 0 Å². The molecular formula is C18H28N6. The second-order valence-electron chi connectivity index (χ2n) is 6.89. The van der Waals surface area contributed by atoms with Gasteiger partial charge in [-0.15, -0.1) is 0 Å². The summed E-state index contributed by atoms with van der Waals surface area (Å²) >= 11 is 0. The van der Waals surface area contributed by atoms with E-state index < -0.39 is 0 Å². The van der Waals surface area contributed by atoms with E-state index in [9.17, 15) is 0 Å². The van der Waals surface area contributed by atoms with Crippen molar-refractivity contribution in [1.82, 2.24) is 24.4 Å². The van der Waals surface area contributed by atoms with Crippen LogP contribution >= 0.6 is 0 Å². The van der Waals surface area contributed by atoms with Crippen LogP contribution < -0.4 is 4.90 Å². The van der Waals surface area contributed by atoms with Crippen LogP contribution in [0.3, 0.4) is 0 Å². The van der Waals surface area contributed by atoms with Crippen LogP contribution in [-0.2, 0) is 0 Å². The predicted octanol–water partition coefficient (Wildman–Crippen LogP) is 2.57. The Morgan fingerprint density at radius 1 is 0.958 bits per heavy atom. The molecule has 1 atom stereocenters. The molecule has 0 N–H and O–H groups in total. The van der Waals surface area contributed by atoms with Gasteiger partial charge >= 0.3 is 0 Å². The third-order valence-corrected chi connectivity index (χ3v) is 4.64. The highest BCUT2D eigenvalue weighted by molar-refractivity contribution is 5.28. The van der Waals surface area contributed by atoms with Crippen LogP contribution in [-0.4, -0.2) is 57.1 Å². The predicted molar refractivity (Wildman–Crippen MR) is 96.3 cm³/mol. The largest absolute Gasteiger partial charge is 0.339 e. The molecule has 1 aliphatic rings. The highest BCUT2D eigenvalue weighted by Gasteiger charge is 2.20. The van der Waals surface area contributed by atoms with Gasteiger partial charge in [-0.25, -0.2) is 15.0 Å². The quantitative estimate of drug-likeness (QED) is 0.844. The third-order valence-electron chi connectivity index (χ3n) is 4.64. The molecule has 2 aromatic heterocycles. The van der Waals surface area contributed by atoms with Crippen molar-refractivity contribution in [2.75, 3.05) is 37.6 Å². The zero-order chi connectivity index (χ0) is 16.9. The van der Waals surface area contributed by atoms with E-state index >= 15 is 0 Å². The molecule has 2 aromatic rings. The van der Waals surface area contributed by atoms with Crippen molar-refractivity contribution in [3.05, 3.63) is 36.7 Å². The molecular weight excluding hydrogens is 300 g/mol. The summed E-state index contributed by atoms with van der Waals surface area (Å²) in [5, 5.41) is 0. The van der Waals surface area contributed by atoms with Crippen molar-refractivity contribution in [2.24, 2.45) is 0 Å². The van der Waals surface area contributed by atoms with E-state index in [2.05, 4.69) is 56.3 Å². The van der Waals surface area contributed by atoms with Gasteiger partial charge in [-0.05, 0) is 26.0 Å². The highest BCUT2D eigenvalue weighted by atomic mass is 15.3. The molecule has 130 valence electrons. The lowest BCUT2D eigenvalue weighted by atomic mass is 10.2. The van der Waals surface area contributed by atoms with Gasteiger partial charge in [0.2, 0.25) is 5.95 Å². The Kier molecular flexibility index (Phi) is 5.45. The first-order chi connectivity index (χ1) is 11.6. The highest BCUT2D eigenvalue weighted by Crippen LogP contribution is 2.19. The Balaban J connectivity index is 1.59. The van der Waals surface area contributed by atoms with Crippen molar-refractivity contribution >= 4 is 5.95 Å².